The number of ether oxygens (including phenoxy) is 1. The van der Waals surface area contributed by atoms with Crippen LogP contribution in [0.1, 0.15) is 39.8 Å². The van der Waals surface area contributed by atoms with Crippen molar-refractivity contribution in [3.8, 4) is 0 Å². The first-order valence-corrected chi connectivity index (χ1v) is 8.69. The van der Waals surface area contributed by atoms with Gasteiger partial charge in [0.25, 0.3) is 5.91 Å². The number of carbonyl (C=O) groups is 2. The van der Waals surface area contributed by atoms with Crippen LogP contribution in [0, 0.1) is 13.8 Å². The molecule has 0 fully saturated rings. The zero-order chi connectivity index (χ0) is 18.0. The number of nitrogens with zero attached hydrogens (tertiary/aromatic N) is 2. The van der Waals surface area contributed by atoms with Gasteiger partial charge in [-0.25, -0.2) is 4.79 Å². The van der Waals surface area contributed by atoms with E-state index in [9.17, 15) is 9.59 Å². The van der Waals surface area contributed by atoms with Crippen molar-refractivity contribution in [2.24, 2.45) is 0 Å². The number of carbonyl (C=O) groups excluding carboxylic acids is 2. The number of hydrogen-bond acceptors (Lipinski definition) is 3. The lowest BCUT2D eigenvalue weighted by molar-refractivity contribution is -0.135. The first-order chi connectivity index (χ1) is 12.0. The van der Waals surface area contributed by atoms with E-state index >= 15 is 0 Å². The van der Waals surface area contributed by atoms with Crippen LogP contribution < -0.4 is 0 Å². The molecule has 0 spiro atoms. The van der Waals surface area contributed by atoms with Crippen molar-refractivity contribution in [3.63, 3.8) is 0 Å². The van der Waals surface area contributed by atoms with E-state index in [2.05, 4.69) is 10.6 Å². The lowest BCUT2D eigenvalue weighted by Crippen LogP contribution is -2.38. The molecule has 0 bridgehead atoms. The van der Waals surface area contributed by atoms with Crippen molar-refractivity contribution in [1.29, 1.82) is 0 Å². The van der Waals surface area contributed by atoms with Crippen molar-refractivity contribution >= 4 is 11.9 Å². The van der Waals surface area contributed by atoms with Gasteiger partial charge in [-0.2, -0.15) is 0 Å². The average Bonchev–Trinajstić information content (AvgIpc) is 2.92. The Bertz CT molecular complexity index is 807. The highest BCUT2D eigenvalue weighted by molar-refractivity contribution is 5.92. The summed E-state index contributed by atoms with van der Waals surface area (Å²) in [5.41, 5.74) is 4.89. The lowest BCUT2D eigenvalue weighted by Gasteiger charge is -2.28. The molecule has 2 aromatic rings. The quantitative estimate of drug-likeness (QED) is 0.804. The van der Waals surface area contributed by atoms with Gasteiger partial charge in [0.2, 0.25) is 0 Å². The monoisotopic (exact) mass is 340 g/mol. The lowest BCUT2D eigenvalue weighted by atomic mass is 10.00. The summed E-state index contributed by atoms with van der Waals surface area (Å²) in [6.07, 6.45) is 0.841. The highest BCUT2D eigenvalue weighted by Gasteiger charge is 2.22. The van der Waals surface area contributed by atoms with Gasteiger partial charge in [0.1, 0.15) is 0 Å². The number of esters is 1. The first-order valence-electron chi connectivity index (χ1n) is 8.69. The molecule has 0 aliphatic carbocycles. The summed E-state index contributed by atoms with van der Waals surface area (Å²) in [5, 5.41) is 0. The highest BCUT2D eigenvalue weighted by Crippen LogP contribution is 2.19. The average molecular weight is 340 g/mol. The molecule has 1 amide bonds. The molecule has 25 heavy (non-hydrogen) atoms. The number of amides is 1. The molecule has 2 heterocycles. The second-order valence-electron chi connectivity index (χ2n) is 6.44. The second kappa shape index (κ2) is 7.13. The SMILES string of the molecule is CCn1c(C)cc(C(=O)OCC(=O)N2CCc3ccccc3C2)c1C. The number of hydrogen-bond donors (Lipinski definition) is 0. The summed E-state index contributed by atoms with van der Waals surface area (Å²) in [6.45, 7) is 7.73. The molecule has 1 aliphatic rings. The van der Waals surface area contributed by atoms with E-state index in [1.807, 2.05) is 45.0 Å². The molecule has 132 valence electrons. The van der Waals surface area contributed by atoms with Gasteiger partial charge in [0, 0.05) is 31.0 Å². The van der Waals surface area contributed by atoms with Crippen LogP contribution in [-0.4, -0.2) is 34.5 Å². The summed E-state index contributed by atoms with van der Waals surface area (Å²) in [5.74, 6) is -0.578. The Balaban J connectivity index is 1.60. The Morgan fingerprint density at radius 2 is 1.88 bits per heavy atom. The molecule has 0 saturated carbocycles. The smallest absolute Gasteiger partial charge is 0.340 e. The molecule has 0 N–H and O–H groups in total. The van der Waals surface area contributed by atoms with E-state index in [1.54, 1.807) is 4.90 Å². The Labute approximate surface area is 148 Å². The summed E-state index contributed by atoms with van der Waals surface area (Å²) in [6, 6.07) is 9.96. The molecule has 1 aromatic heterocycles. The van der Waals surface area contributed by atoms with E-state index in [1.165, 1.54) is 11.1 Å². The molecule has 0 radical (unpaired) electrons. The zero-order valence-electron chi connectivity index (χ0n) is 15.0. The van der Waals surface area contributed by atoms with Crippen molar-refractivity contribution in [1.82, 2.24) is 9.47 Å². The van der Waals surface area contributed by atoms with Crippen LogP contribution in [0.2, 0.25) is 0 Å². The van der Waals surface area contributed by atoms with Gasteiger partial charge in [-0.3, -0.25) is 4.79 Å². The molecular weight excluding hydrogens is 316 g/mol. The minimum Gasteiger partial charge on any atom is -0.452 e. The summed E-state index contributed by atoms with van der Waals surface area (Å²) >= 11 is 0. The Morgan fingerprint density at radius 1 is 1.16 bits per heavy atom. The van der Waals surface area contributed by atoms with Crippen molar-refractivity contribution in [2.45, 2.75) is 40.3 Å². The van der Waals surface area contributed by atoms with E-state index in [0.717, 1.165) is 24.4 Å². The number of fused-ring (bicyclic) bond motifs is 1. The summed E-state index contributed by atoms with van der Waals surface area (Å²) < 4.78 is 7.34. The third-order valence-corrected chi connectivity index (χ3v) is 4.92. The Morgan fingerprint density at radius 3 is 2.56 bits per heavy atom. The Kier molecular flexibility index (Phi) is 4.93. The molecule has 0 saturated heterocycles. The maximum Gasteiger partial charge on any atom is 0.340 e. The van der Waals surface area contributed by atoms with Gasteiger partial charge in [-0.1, -0.05) is 24.3 Å². The van der Waals surface area contributed by atoms with Gasteiger partial charge in [-0.05, 0) is 44.4 Å². The largest absolute Gasteiger partial charge is 0.452 e. The van der Waals surface area contributed by atoms with Gasteiger partial charge in [0.05, 0.1) is 5.56 Å². The highest BCUT2D eigenvalue weighted by atomic mass is 16.5. The third kappa shape index (κ3) is 3.45. The van der Waals surface area contributed by atoms with E-state index < -0.39 is 5.97 Å². The minimum atomic E-state index is -0.432. The summed E-state index contributed by atoms with van der Waals surface area (Å²) in [4.78, 5) is 26.5. The molecule has 0 atom stereocenters. The zero-order valence-corrected chi connectivity index (χ0v) is 15.0. The first kappa shape index (κ1) is 17.3. The molecular formula is C20H24N2O3. The fourth-order valence-corrected chi connectivity index (χ4v) is 3.50. The van der Waals surface area contributed by atoms with Crippen LogP contribution in [0.3, 0.4) is 0 Å². The second-order valence-corrected chi connectivity index (χ2v) is 6.44. The number of benzene rings is 1. The predicted molar refractivity (Wildman–Crippen MR) is 95.4 cm³/mol. The molecule has 5 nitrogen and oxygen atoms in total. The van der Waals surface area contributed by atoms with Crippen molar-refractivity contribution < 1.29 is 14.3 Å². The number of rotatable bonds is 4. The van der Waals surface area contributed by atoms with Crippen LogP contribution in [0.4, 0.5) is 0 Å². The van der Waals surface area contributed by atoms with E-state index in [-0.39, 0.29) is 12.5 Å². The molecule has 5 heteroatoms. The number of aryl methyl sites for hydroxylation is 1. The van der Waals surface area contributed by atoms with E-state index in [4.69, 9.17) is 4.74 Å². The van der Waals surface area contributed by atoms with Crippen molar-refractivity contribution in [3.05, 3.63) is 58.4 Å². The minimum absolute atomic E-state index is 0.146. The maximum atomic E-state index is 12.4. The topological polar surface area (TPSA) is 51.5 Å². The molecule has 1 aromatic carbocycles. The van der Waals surface area contributed by atoms with Crippen LogP contribution >= 0.6 is 0 Å². The Hall–Kier alpha value is -2.56. The van der Waals surface area contributed by atoms with Crippen LogP contribution in [-0.2, 0) is 29.0 Å². The molecule has 1 aliphatic heterocycles. The molecule has 3 rings (SSSR count). The predicted octanol–water partition coefficient (Wildman–Crippen LogP) is 2.87. The van der Waals surface area contributed by atoms with Gasteiger partial charge >= 0.3 is 5.97 Å². The van der Waals surface area contributed by atoms with Gasteiger partial charge in [-0.15, -0.1) is 0 Å². The maximum absolute atomic E-state index is 12.4. The van der Waals surface area contributed by atoms with Gasteiger partial charge < -0.3 is 14.2 Å². The van der Waals surface area contributed by atoms with E-state index in [0.29, 0.717) is 18.7 Å². The third-order valence-electron chi connectivity index (χ3n) is 4.92. The molecule has 0 unspecified atom stereocenters. The normalized spacial score (nSPS) is 13.5. The van der Waals surface area contributed by atoms with Crippen LogP contribution in [0.25, 0.3) is 0 Å². The van der Waals surface area contributed by atoms with Crippen molar-refractivity contribution in [2.75, 3.05) is 13.2 Å². The van der Waals surface area contributed by atoms with Crippen LogP contribution in [0.5, 0.6) is 0 Å². The summed E-state index contributed by atoms with van der Waals surface area (Å²) in [7, 11) is 0. The fourth-order valence-electron chi connectivity index (χ4n) is 3.50. The fraction of sp³-hybridized carbons (Fsp3) is 0.400. The number of aromatic nitrogens is 1. The standard InChI is InChI=1S/C20H24N2O3/c1-4-22-14(2)11-18(15(22)3)20(24)25-13-19(23)21-10-9-16-7-5-6-8-17(16)12-21/h5-8,11H,4,9-10,12-13H2,1-3H3. The van der Waals surface area contributed by atoms with Crippen LogP contribution in [0.15, 0.2) is 30.3 Å². The van der Waals surface area contributed by atoms with Gasteiger partial charge in [0.15, 0.2) is 6.61 Å².